The van der Waals surface area contributed by atoms with Gasteiger partial charge in [-0.15, -0.1) is 0 Å². The molecular formula is C7H13NO3. The molecule has 0 bridgehead atoms. The summed E-state index contributed by atoms with van der Waals surface area (Å²) in [6.07, 6.45) is 1.12. The Labute approximate surface area is 65.9 Å². The average molecular weight is 159 g/mol. The largest absolute Gasteiger partial charge is 0.461 e. The summed E-state index contributed by atoms with van der Waals surface area (Å²) in [5.74, 6) is -0.421. The van der Waals surface area contributed by atoms with Crippen LogP contribution in [0.4, 0.5) is 0 Å². The van der Waals surface area contributed by atoms with Crippen LogP contribution in [-0.2, 0) is 9.53 Å². The van der Waals surface area contributed by atoms with Crippen LogP contribution in [0, 0.1) is 0 Å². The van der Waals surface area contributed by atoms with Crippen molar-refractivity contribution in [3.8, 4) is 0 Å². The van der Waals surface area contributed by atoms with E-state index in [1.54, 1.807) is 0 Å². The fourth-order valence-electron chi connectivity index (χ4n) is 0.487. The van der Waals surface area contributed by atoms with Crippen LogP contribution in [0.5, 0.6) is 0 Å². The Hall–Kier alpha value is -0.870. The number of nitrogens with one attached hydrogen (secondary N) is 1. The Kier molecular flexibility index (Phi) is 6.67. The summed E-state index contributed by atoms with van der Waals surface area (Å²) in [6, 6.07) is 0. The number of carbonyl (C=O) groups is 1. The first kappa shape index (κ1) is 10.1. The molecule has 0 aliphatic rings. The predicted octanol–water partition coefficient (Wildman–Crippen LogP) is -0.703. The highest BCUT2D eigenvalue weighted by molar-refractivity contribution is 5.81. The van der Waals surface area contributed by atoms with Gasteiger partial charge in [-0.2, -0.15) is 0 Å². The van der Waals surface area contributed by atoms with Crippen molar-refractivity contribution in [3.05, 3.63) is 12.7 Å². The molecule has 0 amide bonds. The molecule has 0 aliphatic carbocycles. The number of rotatable bonds is 6. The van der Waals surface area contributed by atoms with Crippen molar-refractivity contribution in [2.75, 3.05) is 26.3 Å². The van der Waals surface area contributed by atoms with Gasteiger partial charge in [-0.1, -0.05) is 6.58 Å². The minimum atomic E-state index is -0.421. The zero-order valence-electron chi connectivity index (χ0n) is 6.38. The van der Waals surface area contributed by atoms with E-state index in [-0.39, 0.29) is 6.61 Å². The van der Waals surface area contributed by atoms with Crippen LogP contribution in [0.25, 0.3) is 0 Å². The highest BCUT2D eigenvalue weighted by atomic mass is 16.5. The molecular weight excluding hydrogens is 146 g/mol. The maximum atomic E-state index is 10.4. The minimum Gasteiger partial charge on any atom is -0.461 e. The van der Waals surface area contributed by atoms with E-state index in [2.05, 4.69) is 16.6 Å². The highest BCUT2D eigenvalue weighted by Crippen LogP contribution is 1.76. The van der Waals surface area contributed by atoms with Gasteiger partial charge in [0, 0.05) is 19.2 Å². The lowest BCUT2D eigenvalue weighted by atomic mass is 10.6. The number of carbonyl (C=O) groups excluding carboxylic acids is 1. The van der Waals surface area contributed by atoms with Crippen molar-refractivity contribution in [1.29, 1.82) is 0 Å². The smallest absolute Gasteiger partial charge is 0.330 e. The zero-order valence-corrected chi connectivity index (χ0v) is 6.38. The van der Waals surface area contributed by atoms with Crippen LogP contribution in [-0.4, -0.2) is 37.4 Å². The molecule has 64 valence electrons. The Morgan fingerprint density at radius 2 is 2.36 bits per heavy atom. The van der Waals surface area contributed by atoms with Crippen LogP contribution >= 0.6 is 0 Å². The molecule has 0 unspecified atom stereocenters. The molecule has 0 fully saturated rings. The second-order valence-corrected chi connectivity index (χ2v) is 1.85. The summed E-state index contributed by atoms with van der Waals surface area (Å²) < 4.78 is 4.64. The van der Waals surface area contributed by atoms with Crippen LogP contribution < -0.4 is 5.32 Å². The third-order valence-corrected chi connectivity index (χ3v) is 0.978. The fourth-order valence-corrected chi connectivity index (χ4v) is 0.487. The minimum absolute atomic E-state index is 0.0927. The Balaban J connectivity index is 3.01. The van der Waals surface area contributed by atoms with Gasteiger partial charge in [0.1, 0.15) is 6.61 Å². The second kappa shape index (κ2) is 7.24. The van der Waals surface area contributed by atoms with Crippen LogP contribution in [0.3, 0.4) is 0 Å². The maximum absolute atomic E-state index is 10.4. The van der Waals surface area contributed by atoms with Gasteiger partial charge in [-0.25, -0.2) is 4.79 Å². The average Bonchev–Trinajstić information content (AvgIpc) is 2.04. The molecule has 0 atom stereocenters. The van der Waals surface area contributed by atoms with Crippen molar-refractivity contribution >= 4 is 5.97 Å². The van der Waals surface area contributed by atoms with E-state index in [9.17, 15) is 4.79 Å². The summed E-state index contributed by atoms with van der Waals surface area (Å²) in [6.45, 7) is 4.72. The molecule has 4 nitrogen and oxygen atoms in total. The highest BCUT2D eigenvalue weighted by Gasteiger charge is 1.92. The van der Waals surface area contributed by atoms with Crippen molar-refractivity contribution in [3.63, 3.8) is 0 Å². The van der Waals surface area contributed by atoms with Crippen LogP contribution in [0.1, 0.15) is 0 Å². The van der Waals surface area contributed by atoms with Crippen LogP contribution in [0.15, 0.2) is 12.7 Å². The normalized spacial score (nSPS) is 9.18. The van der Waals surface area contributed by atoms with E-state index in [0.29, 0.717) is 19.7 Å². The first-order valence-electron chi connectivity index (χ1n) is 3.42. The standard InChI is InChI=1S/C7H13NO3/c1-2-7(10)11-6-4-8-3-5-9/h2,8-9H,1,3-6H2. The Morgan fingerprint density at radius 3 is 2.91 bits per heavy atom. The Morgan fingerprint density at radius 1 is 1.64 bits per heavy atom. The van der Waals surface area contributed by atoms with E-state index in [1.807, 2.05) is 0 Å². The zero-order chi connectivity index (χ0) is 8.53. The summed E-state index contributed by atoms with van der Waals surface area (Å²) in [5, 5.41) is 11.2. The quantitative estimate of drug-likeness (QED) is 0.305. The molecule has 2 N–H and O–H groups in total. The van der Waals surface area contributed by atoms with Crippen molar-refractivity contribution in [2.24, 2.45) is 0 Å². The van der Waals surface area contributed by atoms with E-state index in [1.165, 1.54) is 0 Å². The lowest BCUT2D eigenvalue weighted by Crippen LogP contribution is -2.23. The molecule has 4 heteroatoms. The van der Waals surface area contributed by atoms with Gasteiger partial charge in [0.05, 0.1) is 6.61 Å². The van der Waals surface area contributed by atoms with Gasteiger partial charge in [0.2, 0.25) is 0 Å². The summed E-state index contributed by atoms with van der Waals surface area (Å²) in [5.41, 5.74) is 0. The SMILES string of the molecule is C=CC(=O)OCCNCCO. The lowest BCUT2D eigenvalue weighted by Gasteiger charge is -2.01. The number of hydrogen-bond donors (Lipinski definition) is 2. The number of aliphatic hydroxyl groups excluding tert-OH is 1. The van der Waals surface area contributed by atoms with Crippen molar-refractivity contribution in [2.45, 2.75) is 0 Å². The monoisotopic (exact) mass is 159 g/mol. The summed E-state index contributed by atoms with van der Waals surface area (Å²) in [7, 11) is 0. The first-order valence-corrected chi connectivity index (χ1v) is 3.42. The molecule has 0 aromatic heterocycles. The van der Waals surface area contributed by atoms with Gasteiger partial charge in [0.15, 0.2) is 0 Å². The number of esters is 1. The van der Waals surface area contributed by atoms with Gasteiger partial charge in [-0.3, -0.25) is 0 Å². The fraction of sp³-hybridized carbons (Fsp3) is 0.571. The number of ether oxygens (including phenoxy) is 1. The van der Waals surface area contributed by atoms with E-state index in [0.717, 1.165) is 6.08 Å². The van der Waals surface area contributed by atoms with Crippen molar-refractivity contribution in [1.82, 2.24) is 5.32 Å². The molecule has 0 saturated heterocycles. The molecule has 0 radical (unpaired) electrons. The van der Waals surface area contributed by atoms with Crippen molar-refractivity contribution < 1.29 is 14.6 Å². The van der Waals surface area contributed by atoms with E-state index >= 15 is 0 Å². The van der Waals surface area contributed by atoms with Crippen LogP contribution in [0.2, 0.25) is 0 Å². The topological polar surface area (TPSA) is 58.6 Å². The van der Waals surface area contributed by atoms with Gasteiger partial charge in [0.25, 0.3) is 0 Å². The third-order valence-electron chi connectivity index (χ3n) is 0.978. The molecule has 0 spiro atoms. The summed E-state index contributed by atoms with van der Waals surface area (Å²) >= 11 is 0. The van der Waals surface area contributed by atoms with E-state index < -0.39 is 5.97 Å². The van der Waals surface area contributed by atoms with E-state index in [4.69, 9.17) is 5.11 Å². The van der Waals surface area contributed by atoms with Gasteiger partial charge >= 0.3 is 5.97 Å². The summed E-state index contributed by atoms with van der Waals surface area (Å²) in [4.78, 5) is 10.4. The molecule has 0 aromatic carbocycles. The predicted molar refractivity (Wildman–Crippen MR) is 41.1 cm³/mol. The Bertz CT molecular complexity index is 125. The third kappa shape index (κ3) is 7.02. The molecule has 0 aliphatic heterocycles. The number of hydrogen-bond acceptors (Lipinski definition) is 4. The molecule has 0 aromatic rings. The molecule has 0 heterocycles. The first-order chi connectivity index (χ1) is 5.31. The molecule has 0 saturated carbocycles. The second-order valence-electron chi connectivity index (χ2n) is 1.85. The molecule has 11 heavy (non-hydrogen) atoms. The molecule has 0 rings (SSSR count). The number of aliphatic hydroxyl groups is 1. The maximum Gasteiger partial charge on any atom is 0.330 e. The van der Waals surface area contributed by atoms with Gasteiger partial charge < -0.3 is 15.2 Å². The lowest BCUT2D eigenvalue weighted by molar-refractivity contribution is -0.137. The van der Waals surface area contributed by atoms with Gasteiger partial charge in [-0.05, 0) is 0 Å².